The van der Waals surface area contributed by atoms with Crippen molar-refractivity contribution in [3.05, 3.63) is 35.4 Å². The van der Waals surface area contributed by atoms with Crippen LogP contribution in [0.3, 0.4) is 0 Å². The van der Waals surface area contributed by atoms with Crippen molar-refractivity contribution in [2.24, 2.45) is 5.73 Å². The molecular formula is C13H14N2O6S. The van der Waals surface area contributed by atoms with E-state index in [1.807, 2.05) is 0 Å². The molecule has 0 saturated carbocycles. The first kappa shape index (κ1) is 16.1. The number of carboxylic acids is 1. The van der Waals surface area contributed by atoms with Crippen molar-refractivity contribution in [3.8, 4) is 0 Å². The minimum absolute atomic E-state index is 0.157. The van der Waals surface area contributed by atoms with Crippen LogP contribution in [-0.4, -0.2) is 53.9 Å². The average Bonchev–Trinajstić information content (AvgIpc) is 2.70. The quantitative estimate of drug-likeness (QED) is 0.670. The Morgan fingerprint density at radius 2 is 1.68 bits per heavy atom. The molecule has 3 N–H and O–H groups in total. The summed E-state index contributed by atoms with van der Waals surface area (Å²) in [6, 6.07) is 4.74. The van der Waals surface area contributed by atoms with Crippen LogP contribution in [0.4, 0.5) is 0 Å². The predicted molar refractivity (Wildman–Crippen MR) is 75.8 cm³/mol. The second kappa shape index (κ2) is 5.85. The van der Waals surface area contributed by atoms with Gasteiger partial charge in [0.25, 0.3) is 11.8 Å². The predicted octanol–water partition coefficient (Wildman–Crippen LogP) is -0.543. The molecule has 22 heavy (non-hydrogen) atoms. The zero-order valence-electron chi connectivity index (χ0n) is 11.4. The fraction of sp³-hybridized carbons (Fsp3) is 0.308. The van der Waals surface area contributed by atoms with Gasteiger partial charge in [0.05, 0.1) is 16.9 Å². The van der Waals surface area contributed by atoms with Crippen LogP contribution in [0.15, 0.2) is 24.3 Å². The highest BCUT2D eigenvalue weighted by Gasteiger charge is 2.37. The molecular weight excluding hydrogens is 312 g/mol. The first-order chi connectivity index (χ1) is 10.2. The minimum atomic E-state index is -3.84. The van der Waals surface area contributed by atoms with Crippen LogP contribution in [0.25, 0.3) is 0 Å². The van der Waals surface area contributed by atoms with E-state index in [9.17, 15) is 22.8 Å². The van der Waals surface area contributed by atoms with Crippen LogP contribution in [0.2, 0.25) is 0 Å². The summed E-state index contributed by atoms with van der Waals surface area (Å²) in [5.74, 6) is -3.96. The number of aliphatic carboxylic acids is 1. The SMILES string of the molecule is N[C@@H](CCS(=O)(=O)CN1C(=O)c2ccccc2C1=O)C(=O)O. The fourth-order valence-electron chi connectivity index (χ4n) is 2.05. The first-order valence-corrected chi connectivity index (χ1v) is 8.19. The summed E-state index contributed by atoms with van der Waals surface area (Å²) in [6.07, 6.45) is -0.291. The maximum absolute atomic E-state index is 12.1. The number of nitrogens with zero attached hydrogens (tertiary/aromatic N) is 1. The third kappa shape index (κ3) is 3.15. The van der Waals surface area contributed by atoms with Crippen molar-refractivity contribution < 1.29 is 27.9 Å². The van der Waals surface area contributed by atoms with Crippen LogP contribution in [0, 0.1) is 0 Å². The van der Waals surface area contributed by atoms with E-state index >= 15 is 0 Å². The smallest absolute Gasteiger partial charge is 0.320 e. The Morgan fingerprint density at radius 1 is 1.18 bits per heavy atom. The molecule has 1 heterocycles. The lowest BCUT2D eigenvalue weighted by Gasteiger charge is -2.14. The monoisotopic (exact) mass is 326 g/mol. The van der Waals surface area contributed by atoms with Crippen LogP contribution in [0.5, 0.6) is 0 Å². The molecule has 1 atom stereocenters. The number of sulfone groups is 1. The lowest BCUT2D eigenvalue weighted by atomic mass is 10.1. The molecule has 1 aromatic carbocycles. The van der Waals surface area contributed by atoms with E-state index in [1.54, 1.807) is 12.1 Å². The number of imide groups is 1. The van der Waals surface area contributed by atoms with Crippen LogP contribution in [0.1, 0.15) is 27.1 Å². The maximum Gasteiger partial charge on any atom is 0.320 e. The van der Waals surface area contributed by atoms with Gasteiger partial charge in [-0.3, -0.25) is 19.3 Å². The molecule has 0 radical (unpaired) electrons. The summed E-state index contributed by atoms with van der Waals surface area (Å²) in [6.45, 7) is 0. The zero-order valence-corrected chi connectivity index (χ0v) is 12.2. The average molecular weight is 326 g/mol. The highest BCUT2D eigenvalue weighted by molar-refractivity contribution is 7.91. The van der Waals surface area contributed by atoms with Gasteiger partial charge in [0.2, 0.25) is 0 Å². The third-order valence-corrected chi connectivity index (χ3v) is 4.77. The summed E-state index contributed by atoms with van der Waals surface area (Å²) in [5, 5.41) is 8.63. The van der Waals surface area contributed by atoms with Gasteiger partial charge in [-0.1, -0.05) is 12.1 Å². The number of nitrogens with two attached hydrogens (primary N) is 1. The summed E-state index contributed by atoms with van der Waals surface area (Å²) in [5.41, 5.74) is 5.56. The Morgan fingerprint density at radius 3 is 2.14 bits per heavy atom. The van der Waals surface area contributed by atoms with Gasteiger partial charge >= 0.3 is 5.97 Å². The number of hydrogen-bond donors (Lipinski definition) is 2. The second-order valence-electron chi connectivity index (χ2n) is 4.89. The van der Waals surface area contributed by atoms with Crippen LogP contribution < -0.4 is 5.73 Å². The van der Waals surface area contributed by atoms with E-state index in [2.05, 4.69) is 0 Å². The topological polar surface area (TPSA) is 135 Å². The zero-order chi connectivity index (χ0) is 16.5. The largest absolute Gasteiger partial charge is 0.480 e. The van der Waals surface area contributed by atoms with Crippen molar-refractivity contribution in [1.29, 1.82) is 0 Å². The molecule has 0 fully saturated rings. The van der Waals surface area contributed by atoms with E-state index in [-0.39, 0.29) is 17.5 Å². The summed E-state index contributed by atoms with van der Waals surface area (Å²) in [4.78, 5) is 35.3. The van der Waals surface area contributed by atoms with E-state index in [1.165, 1.54) is 12.1 Å². The fourth-order valence-corrected chi connectivity index (χ4v) is 3.42. The van der Waals surface area contributed by atoms with Crippen LogP contribution in [-0.2, 0) is 14.6 Å². The van der Waals surface area contributed by atoms with Gasteiger partial charge in [0.1, 0.15) is 11.9 Å². The molecule has 0 aromatic heterocycles. The number of rotatable bonds is 6. The van der Waals surface area contributed by atoms with Gasteiger partial charge in [0.15, 0.2) is 9.84 Å². The van der Waals surface area contributed by atoms with Gasteiger partial charge in [-0.25, -0.2) is 8.42 Å². The molecule has 118 valence electrons. The standard InChI is InChI=1S/C13H14N2O6S/c14-10(13(18)19)5-6-22(20,21)7-15-11(16)8-3-1-2-4-9(8)12(15)17/h1-4,10H,5-7,14H2,(H,18,19)/t10-/m0/s1. The number of carbonyl (C=O) groups excluding carboxylic acids is 2. The number of carbonyl (C=O) groups is 3. The molecule has 9 heteroatoms. The molecule has 2 rings (SSSR count). The Kier molecular flexibility index (Phi) is 4.29. The summed E-state index contributed by atoms with van der Waals surface area (Å²) >= 11 is 0. The lowest BCUT2D eigenvalue weighted by Crippen LogP contribution is -2.38. The Balaban J connectivity index is 2.10. The van der Waals surface area contributed by atoms with Gasteiger partial charge in [-0.15, -0.1) is 0 Å². The molecule has 2 amide bonds. The maximum atomic E-state index is 12.1. The lowest BCUT2D eigenvalue weighted by molar-refractivity contribution is -0.138. The second-order valence-corrected chi connectivity index (χ2v) is 7.05. The van der Waals surface area contributed by atoms with Crippen molar-refractivity contribution in [2.75, 3.05) is 11.6 Å². The van der Waals surface area contributed by atoms with Crippen molar-refractivity contribution in [3.63, 3.8) is 0 Å². The molecule has 0 aliphatic carbocycles. The molecule has 1 aromatic rings. The molecule has 0 bridgehead atoms. The normalized spacial score (nSPS) is 15.8. The number of amides is 2. The summed E-state index contributed by atoms with van der Waals surface area (Å²) in [7, 11) is -3.84. The van der Waals surface area contributed by atoms with Crippen molar-refractivity contribution in [2.45, 2.75) is 12.5 Å². The van der Waals surface area contributed by atoms with Gasteiger partial charge in [0, 0.05) is 0 Å². The van der Waals surface area contributed by atoms with E-state index in [0.29, 0.717) is 4.90 Å². The Bertz CT molecular complexity index is 708. The highest BCUT2D eigenvalue weighted by atomic mass is 32.2. The van der Waals surface area contributed by atoms with Crippen molar-refractivity contribution >= 4 is 27.6 Å². The number of benzene rings is 1. The van der Waals surface area contributed by atoms with Gasteiger partial charge in [-0.05, 0) is 18.6 Å². The Labute approximate surface area is 126 Å². The minimum Gasteiger partial charge on any atom is -0.480 e. The van der Waals surface area contributed by atoms with E-state index in [0.717, 1.165) is 0 Å². The molecule has 0 spiro atoms. The van der Waals surface area contributed by atoms with E-state index in [4.69, 9.17) is 10.8 Å². The van der Waals surface area contributed by atoms with Gasteiger partial charge < -0.3 is 10.8 Å². The first-order valence-electron chi connectivity index (χ1n) is 6.37. The Hall–Kier alpha value is -2.26. The molecule has 0 unspecified atom stereocenters. The number of hydrogen-bond acceptors (Lipinski definition) is 6. The number of fused-ring (bicyclic) bond motifs is 1. The van der Waals surface area contributed by atoms with Gasteiger partial charge in [-0.2, -0.15) is 0 Å². The highest BCUT2D eigenvalue weighted by Crippen LogP contribution is 2.23. The molecule has 8 nitrogen and oxygen atoms in total. The number of carboxylic acid groups (broad SMARTS) is 1. The molecule has 0 saturated heterocycles. The van der Waals surface area contributed by atoms with Crippen LogP contribution >= 0.6 is 0 Å². The van der Waals surface area contributed by atoms with E-state index < -0.39 is 45.3 Å². The third-order valence-electron chi connectivity index (χ3n) is 3.26. The molecule has 1 aliphatic heterocycles. The summed E-state index contributed by atoms with van der Waals surface area (Å²) < 4.78 is 23.9. The van der Waals surface area contributed by atoms with Crippen molar-refractivity contribution in [1.82, 2.24) is 4.90 Å². The molecule has 1 aliphatic rings.